The molecule has 1 aliphatic carbocycles. The zero-order valence-electron chi connectivity index (χ0n) is 13.8. The Balaban J connectivity index is 2.71. The summed E-state index contributed by atoms with van der Waals surface area (Å²) < 4.78 is 0. The van der Waals surface area contributed by atoms with Crippen LogP contribution in [0, 0.1) is 0 Å². The minimum Gasteiger partial charge on any atom is -0.872 e. The molecular formula is C16H20BN2O5-2. The van der Waals surface area contributed by atoms with E-state index >= 15 is 0 Å². The molecule has 0 aromatic carbocycles. The van der Waals surface area contributed by atoms with Crippen molar-refractivity contribution in [3.05, 3.63) is 23.5 Å². The number of rotatable bonds is 8. The first-order chi connectivity index (χ1) is 11.2. The fourth-order valence-electron chi connectivity index (χ4n) is 2.18. The van der Waals surface area contributed by atoms with Crippen LogP contribution >= 0.6 is 0 Å². The van der Waals surface area contributed by atoms with Gasteiger partial charge in [0.25, 0.3) is 0 Å². The first-order valence-corrected chi connectivity index (χ1v) is 7.69. The molecule has 8 heteroatoms. The molecule has 2 N–H and O–H groups in total. The summed E-state index contributed by atoms with van der Waals surface area (Å²) in [6.45, 7) is 3.49. The topological polar surface area (TPSA) is 115 Å². The van der Waals surface area contributed by atoms with Gasteiger partial charge >= 0.3 is 0 Å². The van der Waals surface area contributed by atoms with Crippen molar-refractivity contribution in [3.63, 3.8) is 0 Å². The van der Waals surface area contributed by atoms with Gasteiger partial charge in [0.1, 0.15) is 6.04 Å². The van der Waals surface area contributed by atoms with Crippen LogP contribution in [0.3, 0.4) is 0 Å². The quantitative estimate of drug-likeness (QED) is 0.258. The van der Waals surface area contributed by atoms with Gasteiger partial charge < -0.3 is 23.6 Å². The Labute approximate surface area is 142 Å². The lowest BCUT2D eigenvalue weighted by atomic mass is 9.85. The third-order valence-corrected chi connectivity index (χ3v) is 3.38. The zero-order chi connectivity index (χ0) is 18.3. The Morgan fingerprint density at radius 2 is 1.88 bits per heavy atom. The Kier molecular flexibility index (Phi) is 7.42. The Morgan fingerprint density at radius 3 is 2.46 bits per heavy atom. The van der Waals surface area contributed by atoms with Crippen molar-refractivity contribution in [2.24, 2.45) is 0 Å². The van der Waals surface area contributed by atoms with E-state index in [4.69, 9.17) is 7.85 Å². The van der Waals surface area contributed by atoms with E-state index in [1.54, 1.807) is 0 Å². The molecule has 0 saturated carbocycles. The molecule has 2 atom stereocenters. The van der Waals surface area contributed by atoms with Crippen molar-refractivity contribution in [2.45, 2.75) is 45.0 Å². The summed E-state index contributed by atoms with van der Waals surface area (Å²) in [5, 5.41) is 16.9. The first-order valence-electron chi connectivity index (χ1n) is 7.69. The molecule has 0 bridgehead atoms. The number of carbonyl (C=O) groups excluding carboxylic acids is 4. The molecule has 0 spiro atoms. The predicted octanol–water partition coefficient (Wildman–Crippen LogP) is -0.923. The van der Waals surface area contributed by atoms with E-state index in [0.717, 1.165) is 12.5 Å². The van der Waals surface area contributed by atoms with Crippen molar-refractivity contribution < 1.29 is 24.3 Å². The van der Waals surface area contributed by atoms with Gasteiger partial charge in [-0.15, -0.1) is 12.7 Å². The van der Waals surface area contributed by atoms with Gasteiger partial charge in [-0.1, -0.05) is 6.42 Å². The lowest BCUT2D eigenvalue weighted by Crippen LogP contribution is -2.47. The molecule has 24 heavy (non-hydrogen) atoms. The molecule has 0 heterocycles. The summed E-state index contributed by atoms with van der Waals surface area (Å²) >= 11 is 0. The van der Waals surface area contributed by atoms with Crippen molar-refractivity contribution in [3.8, 4) is 0 Å². The SMILES string of the molecule is [B-]C(C)CCCNC(=O)[C@H](CC1=CC(=O)C(=O)C=C1[O-])NC(C)=O. The van der Waals surface area contributed by atoms with Gasteiger partial charge in [-0.2, -0.15) is 0 Å². The summed E-state index contributed by atoms with van der Waals surface area (Å²) in [6, 6.07) is -0.998. The second-order valence-electron chi connectivity index (χ2n) is 5.77. The molecule has 129 valence electrons. The lowest BCUT2D eigenvalue weighted by Gasteiger charge is -2.24. The first kappa shape index (κ1) is 19.7. The number of allylic oxidation sites excluding steroid dienone is 3. The van der Waals surface area contributed by atoms with Crippen molar-refractivity contribution in [1.82, 2.24) is 10.6 Å². The summed E-state index contributed by atoms with van der Waals surface area (Å²) in [6.07, 6.45) is 2.87. The van der Waals surface area contributed by atoms with E-state index in [0.29, 0.717) is 19.0 Å². The highest BCUT2D eigenvalue weighted by atomic mass is 16.3. The number of amides is 2. The van der Waals surface area contributed by atoms with Gasteiger partial charge in [-0.3, -0.25) is 25.0 Å². The van der Waals surface area contributed by atoms with Crippen LogP contribution in [0.15, 0.2) is 23.5 Å². The average Bonchev–Trinajstić information content (AvgIpc) is 2.47. The average molecular weight is 331 g/mol. The highest BCUT2D eigenvalue weighted by Crippen LogP contribution is 2.16. The Morgan fingerprint density at radius 1 is 1.25 bits per heavy atom. The van der Waals surface area contributed by atoms with E-state index in [1.165, 1.54) is 6.92 Å². The van der Waals surface area contributed by atoms with Gasteiger partial charge in [-0.25, -0.2) is 0 Å². The third-order valence-electron chi connectivity index (χ3n) is 3.38. The highest BCUT2D eigenvalue weighted by molar-refractivity contribution is 6.46. The molecule has 2 amide bonds. The van der Waals surface area contributed by atoms with Gasteiger partial charge in [0.2, 0.25) is 23.4 Å². The highest BCUT2D eigenvalue weighted by Gasteiger charge is 2.23. The van der Waals surface area contributed by atoms with Gasteiger partial charge in [0, 0.05) is 19.9 Å². The molecule has 0 fully saturated rings. The van der Waals surface area contributed by atoms with E-state index in [-0.39, 0.29) is 17.8 Å². The van der Waals surface area contributed by atoms with Crippen molar-refractivity contribution in [1.29, 1.82) is 0 Å². The molecule has 3 radical (unpaired) electrons. The molecule has 1 aliphatic rings. The maximum absolute atomic E-state index is 12.2. The van der Waals surface area contributed by atoms with Crippen LogP contribution in [0.4, 0.5) is 0 Å². The molecular weight excluding hydrogens is 311 g/mol. The second kappa shape index (κ2) is 9.05. The maximum Gasteiger partial charge on any atom is 0.242 e. The normalized spacial score (nSPS) is 16.8. The van der Waals surface area contributed by atoms with E-state index in [1.807, 2.05) is 6.92 Å². The minimum atomic E-state index is -0.998. The van der Waals surface area contributed by atoms with Crippen LogP contribution < -0.4 is 15.7 Å². The van der Waals surface area contributed by atoms with Crippen molar-refractivity contribution in [2.75, 3.05) is 6.54 Å². The summed E-state index contributed by atoms with van der Waals surface area (Å²) in [7, 11) is 5.62. The summed E-state index contributed by atoms with van der Waals surface area (Å²) in [4.78, 5) is 46.0. The monoisotopic (exact) mass is 331 g/mol. The number of hydrogen-bond acceptors (Lipinski definition) is 5. The maximum atomic E-state index is 12.2. The molecule has 0 aliphatic heterocycles. The molecule has 1 unspecified atom stereocenters. The Hall–Kier alpha value is -2.38. The van der Waals surface area contributed by atoms with Crippen LogP contribution in [-0.2, 0) is 19.2 Å². The predicted molar refractivity (Wildman–Crippen MR) is 85.8 cm³/mol. The lowest BCUT2D eigenvalue weighted by molar-refractivity contribution is -0.298. The molecule has 0 saturated heterocycles. The molecule has 7 nitrogen and oxygen atoms in total. The van der Waals surface area contributed by atoms with Gasteiger partial charge in [0.05, 0.1) is 0 Å². The van der Waals surface area contributed by atoms with Crippen LogP contribution in [-0.4, -0.2) is 43.8 Å². The fraction of sp³-hybridized carbons (Fsp3) is 0.500. The van der Waals surface area contributed by atoms with Crippen LogP contribution in [0.1, 0.15) is 33.1 Å². The standard InChI is InChI=1S/C16H21BN2O5/c1-9(17)4-3-5-18-16(24)12(19-10(2)20)6-11-7-14(22)15(23)8-13(11)21/h7-9,12,21H,3-6H2,1-2H3,(H,18,24)(H,19,20)/q-1/p-1/t9?,12-/m0/s1. The van der Waals surface area contributed by atoms with Gasteiger partial charge in [-0.05, 0) is 24.1 Å². The third kappa shape index (κ3) is 6.40. The number of hydrogen-bond donors (Lipinski definition) is 2. The zero-order valence-corrected chi connectivity index (χ0v) is 13.8. The van der Waals surface area contributed by atoms with Crippen LogP contribution in [0.2, 0.25) is 5.82 Å². The van der Waals surface area contributed by atoms with Crippen molar-refractivity contribution >= 4 is 31.2 Å². The number of ketones is 2. The summed E-state index contributed by atoms with van der Waals surface area (Å²) in [5.41, 5.74) is 0.0177. The number of nitrogens with one attached hydrogen (secondary N) is 2. The second-order valence-corrected chi connectivity index (χ2v) is 5.77. The molecule has 0 aromatic heterocycles. The molecule has 0 aromatic rings. The van der Waals surface area contributed by atoms with Crippen LogP contribution in [0.25, 0.3) is 0 Å². The largest absolute Gasteiger partial charge is 0.872 e. The van der Waals surface area contributed by atoms with E-state index in [9.17, 15) is 24.3 Å². The van der Waals surface area contributed by atoms with E-state index in [2.05, 4.69) is 10.6 Å². The Bertz CT molecular complexity index is 595. The fourth-order valence-corrected chi connectivity index (χ4v) is 2.18. The summed E-state index contributed by atoms with van der Waals surface area (Å²) in [5.74, 6) is -3.21. The number of carbonyl (C=O) groups is 4. The minimum absolute atomic E-state index is 0.0177. The van der Waals surface area contributed by atoms with Gasteiger partial charge in [0.15, 0.2) is 0 Å². The smallest absolute Gasteiger partial charge is 0.242 e. The van der Waals surface area contributed by atoms with E-state index < -0.39 is 35.2 Å². The van der Waals surface area contributed by atoms with Crippen LogP contribution in [0.5, 0.6) is 0 Å². The molecule has 1 rings (SSSR count).